The third-order valence-corrected chi connectivity index (χ3v) is 4.03. The van der Waals surface area contributed by atoms with Crippen LogP contribution in [0.3, 0.4) is 0 Å². The molecule has 18 heavy (non-hydrogen) atoms. The van der Waals surface area contributed by atoms with Crippen LogP contribution in [0.1, 0.15) is 44.5 Å². The van der Waals surface area contributed by atoms with Crippen molar-refractivity contribution in [1.29, 1.82) is 0 Å². The number of nitrogens with one attached hydrogen (secondary N) is 1. The van der Waals surface area contributed by atoms with Crippen LogP contribution >= 0.6 is 0 Å². The van der Waals surface area contributed by atoms with E-state index in [9.17, 15) is 4.79 Å². The molecule has 1 fully saturated rings. The molecule has 3 nitrogen and oxygen atoms in total. The number of carbonyl (C=O) groups excluding carboxylic acids is 1. The lowest BCUT2D eigenvalue weighted by atomic mass is 9.99. The summed E-state index contributed by atoms with van der Waals surface area (Å²) in [6.07, 6.45) is 0.818. The average Bonchev–Trinajstić information content (AvgIpc) is 2.63. The van der Waals surface area contributed by atoms with E-state index in [0.29, 0.717) is 0 Å². The third-order valence-electron chi connectivity index (χ3n) is 4.03. The minimum atomic E-state index is -0.428. The summed E-state index contributed by atoms with van der Waals surface area (Å²) in [7, 11) is 0. The molecule has 1 N–H and O–H groups in total. The van der Waals surface area contributed by atoms with Gasteiger partial charge in [-0.25, -0.2) is 0 Å². The van der Waals surface area contributed by atoms with Crippen molar-refractivity contribution in [2.75, 3.05) is 6.54 Å². The van der Waals surface area contributed by atoms with Crippen LogP contribution in [0.2, 0.25) is 0 Å². The van der Waals surface area contributed by atoms with E-state index >= 15 is 0 Å². The minimum absolute atomic E-state index is 0.00801. The standard InChI is InChI=1S/C15H22N2O/c1-5-15(4)14(18)17(6-2)13(16-15)12-10-8-7-9-11(12)3/h7-10,13,16H,5-6H2,1-4H3. The highest BCUT2D eigenvalue weighted by Gasteiger charge is 2.46. The fourth-order valence-corrected chi connectivity index (χ4v) is 2.59. The van der Waals surface area contributed by atoms with Gasteiger partial charge in [-0.3, -0.25) is 10.1 Å². The smallest absolute Gasteiger partial charge is 0.244 e. The van der Waals surface area contributed by atoms with Gasteiger partial charge in [-0.05, 0) is 38.3 Å². The van der Waals surface area contributed by atoms with E-state index in [2.05, 4.69) is 31.3 Å². The Morgan fingerprint density at radius 3 is 2.56 bits per heavy atom. The topological polar surface area (TPSA) is 32.3 Å². The predicted molar refractivity (Wildman–Crippen MR) is 73.1 cm³/mol. The van der Waals surface area contributed by atoms with Crippen molar-refractivity contribution >= 4 is 5.91 Å². The Kier molecular flexibility index (Phi) is 3.44. The average molecular weight is 246 g/mol. The number of aryl methyl sites for hydroxylation is 1. The van der Waals surface area contributed by atoms with Gasteiger partial charge in [0.1, 0.15) is 6.17 Å². The monoisotopic (exact) mass is 246 g/mol. The first-order valence-corrected chi connectivity index (χ1v) is 6.67. The van der Waals surface area contributed by atoms with Crippen LogP contribution in [0.15, 0.2) is 24.3 Å². The van der Waals surface area contributed by atoms with Crippen molar-refractivity contribution in [1.82, 2.24) is 10.2 Å². The number of likely N-dealkylation sites (N-methyl/N-ethyl adjacent to an activating group) is 1. The Bertz CT molecular complexity index is 458. The largest absolute Gasteiger partial charge is 0.322 e. The minimum Gasteiger partial charge on any atom is -0.322 e. The van der Waals surface area contributed by atoms with E-state index in [1.807, 2.05) is 30.9 Å². The fraction of sp³-hybridized carbons (Fsp3) is 0.533. The number of hydrogen-bond acceptors (Lipinski definition) is 2. The van der Waals surface area contributed by atoms with E-state index in [-0.39, 0.29) is 12.1 Å². The zero-order chi connectivity index (χ0) is 13.3. The highest BCUT2D eigenvalue weighted by atomic mass is 16.2. The Labute approximate surface area is 109 Å². The number of carbonyl (C=O) groups is 1. The van der Waals surface area contributed by atoms with Crippen LogP contribution in [-0.4, -0.2) is 22.9 Å². The maximum absolute atomic E-state index is 12.4. The first kappa shape index (κ1) is 13.1. The van der Waals surface area contributed by atoms with E-state index in [1.165, 1.54) is 11.1 Å². The number of rotatable bonds is 3. The Balaban J connectivity index is 2.40. The van der Waals surface area contributed by atoms with Gasteiger partial charge in [0, 0.05) is 6.54 Å². The van der Waals surface area contributed by atoms with Crippen molar-refractivity contribution in [3.63, 3.8) is 0 Å². The highest BCUT2D eigenvalue weighted by Crippen LogP contribution is 2.33. The SMILES string of the molecule is CCN1C(=O)C(C)(CC)NC1c1ccccc1C. The second-order valence-corrected chi connectivity index (χ2v) is 5.18. The molecule has 0 spiro atoms. The molecule has 98 valence electrons. The zero-order valence-corrected chi connectivity index (χ0v) is 11.7. The molecule has 1 saturated heterocycles. The Hall–Kier alpha value is -1.35. The second-order valence-electron chi connectivity index (χ2n) is 5.18. The maximum Gasteiger partial charge on any atom is 0.244 e. The van der Waals surface area contributed by atoms with Crippen molar-refractivity contribution in [3.05, 3.63) is 35.4 Å². The van der Waals surface area contributed by atoms with Crippen molar-refractivity contribution < 1.29 is 4.79 Å². The van der Waals surface area contributed by atoms with Gasteiger partial charge in [0.05, 0.1) is 5.54 Å². The van der Waals surface area contributed by atoms with Crippen molar-refractivity contribution in [2.24, 2.45) is 0 Å². The van der Waals surface area contributed by atoms with Gasteiger partial charge in [0.25, 0.3) is 0 Å². The molecule has 0 aromatic heterocycles. The molecule has 1 aromatic carbocycles. The van der Waals surface area contributed by atoms with Crippen LogP contribution in [0.4, 0.5) is 0 Å². The molecule has 1 aromatic rings. The van der Waals surface area contributed by atoms with Crippen molar-refractivity contribution in [3.8, 4) is 0 Å². The molecule has 0 bridgehead atoms. The summed E-state index contributed by atoms with van der Waals surface area (Å²) in [5, 5.41) is 3.50. The van der Waals surface area contributed by atoms with E-state index in [4.69, 9.17) is 0 Å². The van der Waals surface area contributed by atoms with Gasteiger partial charge in [0.2, 0.25) is 5.91 Å². The van der Waals surface area contributed by atoms with E-state index < -0.39 is 5.54 Å². The molecule has 2 rings (SSSR count). The van der Waals surface area contributed by atoms with Crippen LogP contribution in [0.5, 0.6) is 0 Å². The van der Waals surface area contributed by atoms with Gasteiger partial charge in [-0.2, -0.15) is 0 Å². The molecule has 0 saturated carbocycles. The number of hydrogen-bond donors (Lipinski definition) is 1. The molecular formula is C15H22N2O. The fourth-order valence-electron chi connectivity index (χ4n) is 2.59. The van der Waals surface area contributed by atoms with Crippen LogP contribution in [0, 0.1) is 6.92 Å². The molecule has 1 amide bonds. The number of nitrogens with zero attached hydrogens (tertiary/aromatic N) is 1. The first-order chi connectivity index (χ1) is 8.53. The molecule has 1 aliphatic heterocycles. The molecule has 3 heteroatoms. The molecular weight excluding hydrogens is 224 g/mol. The lowest BCUT2D eigenvalue weighted by Crippen LogP contribution is -2.43. The van der Waals surface area contributed by atoms with Gasteiger partial charge in [0.15, 0.2) is 0 Å². The third kappa shape index (κ3) is 1.93. The lowest BCUT2D eigenvalue weighted by molar-refractivity contribution is -0.132. The summed E-state index contributed by atoms with van der Waals surface area (Å²) in [6, 6.07) is 8.26. The summed E-state index contributed by atoms with van der Waals surface area (Å²) in [4.78, 5) is 14.4. The molecule has 1 heterocycles. The summed E-state index contributed by atoms with van der Waals surface area (Å²) in [6.45, 7) is 8.92. The normalized spacial score (nSPS) is 27.9. The van der Waals surface area contributed by atoms with Gasteiger partial charge >= 0.3 is 0 Å². The number of amides is 1. The summed E-state index contributed by atoms with van der Waals surface area (Å²) >= 11 is 0. The van der Waals surface area contributed by atoms with Crippen molar-refractivity contribution in [2.45, 2.75) is 45.8 Å². The van der Waals surface area contributed by atoms with Gasteiger partial charge < -0.3 is 4.90 Å². The molecule has 0 radical (unpaired) electrons. The maximum atomic E-state index is 12.4. The van der Waals surface area contributed by atoms with Crippen LogP contribution in [-0.2, 0) is 4.79 Å². The molecule has 0 aliphatic carbocycles. The van der Waals surface area contributed by atoms with Crippen LogP contribution in [0.25, 0.3) is 0 Å². The molecule has 1 aliphatic rings. The van der Waals surface area contributed by atoms with Crippen LogP contribution < -0.4 is 5.32 Å². The van der Waals surface area contributed by atoms with E-state index in [0.717, 1.165) is 13.0 Å². The predicted octanol–water partition coefficient (Wildman–Crippen LogP) is 2.61. The first-order valence-electron chi connectivity index (χ1n) is 6.67. The highest BCUT2D eigenvalue weighted by molar-refractivity contribution is 5.88. The molecule has 2 atom stereocenters. The second kappa shape index (κ2) is 4.73. The zero-order valence-electron chi connectivity index (χ0n) is 11.7. The summed E-state index contributed by atoms with van der Waals surface area (Å²) in [5.41, 5.74) is 2.00. The summed E-state index contributed by atoms with van der Waals surface area (Å²) < 4.78 is 0. The Morgan fingerprint density at radius 2 is 2.00 bits per heavy atom. The lowest BCUT2D eigenvalue weighted by Gasteiger charge is -2.24. The Morgan fingerprint density at radius 1 is 1.33 bits per heavy atom. The number of benzene rings is 1. The van der Waals surface area contributed by atoms with E-state index in [1.54, 1.807) is 0 Å². The van der Waals surface area contributed by atoms with Gasteiger partial charge in [-0.1, -0.05) is 31.2 Å². The summed E-state index contributed by atoms with van der Waals surface area (Å²) in [5.74, 6) is 0.209. The van der Waals surface area contributed by atoms with Gasteiger partial charge in [-0.15, -0.1) is 0 Å². The molecule has 2 unspecified atom stereocenters. The quantitative estimate of drug-likeness (QED) is 0.889.